The molecule has 1 saturated heterocycles. The zero-order valence-corrected chi connectivity index (χ0v) is 18.9. The molecule has 1 fully saturated rings. The second-order valence-corrected chi connectivity index (χ2v) is 8.88. The average molecular weight is 423 g/mol. The highest BCUT2D eigenvalue weighted by atomic mass is 16.5. The molecule has 7 nitrogen and oxygen atoms in total. The fourth-order valence-electron chi connectivity index (χ4n) is 3.85. The number of hydrogen-bond donors (Lipinski definition) is 0. The lowest BCUT2D eigenvalue weighted by Gasteiger charge is -2.36. The van der Waals surface area contributed by atoms with E-state index < -0.39 is 0 Å². The average Bonchev–Trinajstić information content (AvgIpc) is 3.22. The minimum absolute atomic E-state index is 0.0143. The number of piperazine rings is 1. The topological polar surface area (TPSA) is 59.3 Å². The summed E-state index contributed by atoms with van der Waals surface area (Å²) in [5.74, 6) is 1.20. The third-order valence-electron chi connectivity index (χ3n) is 5.77. The molecule has 1 amide bonds. The number of ether oxygens (including phenoxy) is 2. The van der Waals surface area contributed by atoms with Crippen molar-refractivity contribution in [3.63, 3.8) is 0 Å². The summed E-state index contributed by atoms with van der Waals surface area (Å²) >= 11 is 0. The summed E-state index contributed by atoms with van der Waals surface area (Å²) in [5.41, 5.74) is 3.80. The van der Waals surface area contributed by atoms with E-state index in [9.17, 15) is 4.79 Å². The number of methoxy groups -OCH3 is 2. The number of pyridine rings is 1. The fourth-order valence-corrected chi connectivity index (χ4v) is 3.85. The quantitative estimate of drug-likeness (QED) is 0.643. The molecule has 3 aromatic rings. The number of carbonyl (C=O) groups excluding carboxylic acids is 1. The third-order valence-corrected chi connectivity index (χ3v) is 5.77. The van der Waals surface area contributed by atoms with Crippen LogP contribution in [0.3, 0.4) is 0 Å². The van der Waals surface area contributed by atoms with Gasteiger partial charge >= 0.3 is 0 Å². The van der Waals surface area contributed by atoms with E-state index in [-0.39, 0.29) is 11.3 Å². The Bertz CT molecular complexity index is 1090. The molecule has 0 bridgehead atoms. The van der Waals surface area contributed by atoms with Gasteiger partial charge in [0.2, 0.25) is 0 Å². The zero-order valence-electron chi connectivity index (χ0n) is 18.9. The molecule has 0 N–H and O–H groups in total. The monoisotopic (exact) mass is 422 g/mol. The Labute approximate surface area is 183 Å². The van der Waals surface area contributed by atoms with Gasteiger partial charge in [0.05, 0.1) is 25.6 Å². The molecule has 1 aliphatic rings. The number of nitrogens with zero attached hydrogens (tertiary/aromatic N) is 4. The van der Waals surface area contributed by atoms with Gasteiger partial charge in [-0.25, -0.2) is 4.98 Å². The van der Waals surface area contributed by atoms with Gasteiger partial charge in [0.15, 0.2) is 11.5 Å². The molecule has 164 valence electrons. The van der Waals surface area contributed by atoms with E-state index in [2.05, 4.69) is 54.6 Å². The predicted molar refractivity (Wildman–Crippen MR) is 122 cm³/mol. The molecule has 2 aromatic heterocycles. The third kappa shape index (κ3) is 4.17. The zero-order chi connectivity index (χ0) is 22.2. The highest BCUT2D eigenvalue weighted by Gasteiger charge is 2.24. The first kappa shape index (κ1) is 21.0. The summed E-state index contributed by atoms with van der Waals surface area (Å²) in [7, 11) is 3.16. The largest absolute Gasteiger partial charge is 0.493 e. The lowest BCUT2D eigenvalue weighted by molar-refractivity contribution is 0.0746. The van der Waals surface area contributed by atoms with Crippen molar-refractivity contribution < 1.29 is 14.3 Å². The summed E-state index contributed by atoms with van der Waals surface area (Å²) in [6.45, 7) is 9.42. The van der Waals surface area contributed by atoms with Gasteiger partial charge in [-0.3, -0.25) is 4.79 Å². The predicted octanol–water partition coefficient (Wildman–Crippen LogP) is 3.61. The van der Waals surface area contributed by atoms with Crippen LogP contribution in [-0.4, -0.2) is 60.6 Å². The Morgan fingerprint density at radius 3 is 2.29 bits per heavy atom. The minimum Gasteiger partial charge on any atom is -0.493 e. The van der Waals surface area contributed by atoms with Crippen molar-refractivity contribution in [1.82, 2.24) is 14.3 Å². The Morgan fingerprint density at radius 2 is 1.65 bits per heavy atom. The van der Waals surface area contributed by atoms with Crippen LogP contribution in [0.1, 0.15) is 36.8 Å². The number of aromatic nitrogens is 2. The lowest BCUT2D eigenvalue weighted by Crippen LogP contribution is -2.48. The summed E-state index contributed by atoms with van der Waals surface area (Å²) in [6, 6.07) is 9.48. The maximum absolute atomic E-state index is 13.0. The number of rotatable bonds is 4. The first-order valence-electron chi connectivity index (χ1n) is 10.6. The summed E-state index contributed by atoms with van der Waals surface area (Å²) in [6.07, 6.45) is 4.24. The van der Waals surface area contributed by atoms with Crippen LogP contribution in [0.4, 0.5) is 5.69 Å². The van der Waals surface area contributed by atoms with Crippen LogP contribution in [-0.2, 0) is 5.41 Å². The number of anilines is 1. The standard InChI is InChI=1S/C24H30N4O3/c1-24(2,3)21-16-28-15-18(7-9-22(28)25-21)26-10-12-27(13-11-26)23(29)17-6-8-19(30-4)20(14-17)31-5/h6-9,14-16H,10-13H2,1-5H3. The van der Waals surface area contributed by atoms with Crippen LogP contribution in [0.5, 0.6) is 11.5 Å². The van der Waals surface area contributed by atoms with Crippen LogP contribution < -0.4 is 14.4 Å². The van der Waals surface area contributed by atoms with Gasteiger partial charge in [-0.05, 0) is 30.3 Å². The molecular formula is C24H30N4O3. The van der Waals surface area contributed by atoms with Crippen molar-refractivity contribution in [1.29, 1.82) is 0 Å². The molecule has 4 rings (SSSR count). The van der Waals surface area contributed by atoms with Crippen LogP contribution in [0, 0.1) is 0 Å². The molecule has 1 aliphatic heterocycles. The highest BCUT2D eigenvalue weighted by molar-refractivity contribution is 5.95. The van der Waals surface area contributed by atoms with E-state index in [0.717, 1.165) is 30.1 Å². The van der Waals surface area contributed by atoms with Crippen molar-refractivity contribution in [3.05, 3.63) is 54.0 Å². The Kier molecular flexibility index (Phi) is 5.52. The van der Waals surface area contributed by atoms with Crippen molar-refractivity contribution in [2.24, 2.45) is 0 Å². The number of hydrogen-bond acceptors (Lipinski definition) is 5. The van der Waals surface area contributed by atoms with Gasteiger partial charge in [0, 0.05) is 49.6 Å². The number of amides is 1. The van der Waals surface area contributed by atoms with E-state index >= 15 is 0 Å². The first-order chi connectivity index (χ1) is 14.8. The van der Waals surface area contributed by atoms with Gasteiger partial charge in [-0.1, -0.05) is 20.8 Å². The molecule has 31 heavy (non-hydrogen) atoms. The molecule has 0 saturated carbocycles. The highest BCUT2D eigenvalue weighted by Crippen LogP contribution is 2.28. The number of carbonyl (C=O) groups is 1. The molecule has 0 unspecified atom stereocenters. The van der Waals surface area contributed by atoms with E-state index in [1.165, 1.54) is 0 Å². The Morgan fingerprint density at radius 1 is 0.935 bits per heavy atom. The molecule has 7 heteroatoms. The number of benzene rings is 1. The van der Waals surface area contributed by atoms with E-state index in [4.69, 9.17) is 14.5 Å². The Balaban J connectivity index is 1.45. The fraction of sp³-hybridized carbons (Fsp3) is 0.417. The van der Waals surface area contributed by atoms with Gasteiger partial charge < -0.3 is 23.7 Å². The van der Waals surface area contributed by atoms with Gasteiger partial charge in [-0.15, -0.1) is 0 Å². The van der Waals surface area contributed by atoms with Crippen LogP contribution in [0.15, 0.2) is 42.7 Å². The van der Waals surface area contributed by atoms with E-state index in [1.54, 1.807) is 32.4 Å². The number of fused-ring (bicyclic) bond motifs is 1. The second kappa shape index (κ2) is 8.13. The molecule has 0 atom stereocenters. The van der Waals surface area contributed by atoms with E-state index in [0.29, 0.717) is 30.2 Å². The molecule has 0 aliphatic carbocycles. The molecule has 0 spiro atoms. The smallest absolute Gasteiger partial charge is 0.254 e. The first-order valence-corrected chi connectivity index (χ1v) is 10.6. The van der Waals surface area contributed by atoms with Gasteiger partial charge in [-0.2, -0.15) is 0 Å². The maximum Gasteiger partial charge on any atom is 0.254 e. The van der Waals surface area contributed by atoms with Crippen molar-refractivity contribution in [2.45, 2.75) is 26.2 Å². The summed E-state index contributed by atoms with van der Waals surface area (Å²) in [4.78, 5) is 21.9. The van der Waals surface area contributed by atoms with Crippen molar-refractivity contribution in [3.8, 4) is 11.5 Å². The molecule has 0 radical (unpaired) electrons. The van der Waals surface area contributed by atoms with Crippen LogP contribution >= 0.6 is 0 Å². The number of imidazole rings is 1. The second-order valence-electron chi connectivity index (χ2n) is 8.88. The maximum atomic E-state index is 13.0. The van der Waals surface area contributed by atoms with E-state index in [1.807, 2.05) is 4.90 Å². The summed E-state index contributed by atoms with van der Waals surface area (Å²) < 4.78 is 12.7. The SMILES string of the molecule is COc1ccc(C(=O)N2CCN(c3ccc4nc(C(C)(C)C)cn4c3)CC2)cc1OC. The minimum atomic E-state index is 0.0143. The van der Waals surface area contributed by atoms with Crippen LogP contribution in [0.25, 0.3) is 5.65 Å². The van der Waals surface area contributed by atoms with Crippen LogP contribution in [0.2, 0.25) is 0 Å². The normalized spacial score (nSPS) is 14.7. The molecule has 3 heterocycles. The van der Waals surface area contributed by atoms with Gasteiger partial charge in [0.25, 0.3) is 5.91 Å². The molecule has 1 aromatic carbocycles. The Hall–Kier alpha value is -3.22. The lowest BCUT2D eigenvalue weighted by atomic mass is 9.93. The van der Waals surface area contributed by atoms with Gasteiger partial charge in [0.1, 0.15) is 5.65 Å². The summed E-state index contributed by atoms with van der Waals surface area (Å²) in [5, 5.41) is 0. The molecular weight excluding hydrogens is 392 g/mol. The van der Waals surface area contributed by atoms with Crippen molar-refractivity contribution in [2.75, 3.05) is 45.3 Å². The van der Waals surface area contributed by atoms with Crippen molar-refractivity contribution >= 4 is 17.2 Å².